The number of ketones is 1. The minimum Gasteiger partial charge on any atom is -0.394 e. The van der Waals surface area contributed by atoms with Crippen LogP contribution < -0.4 is 5.32 Å². The van der Waals surface area contributed by atoms with Crippen molar-refractivity contribution in [1.29, 1.82) is 0 Å². The number of aliphatic hydroxyl groups excluding tert-OH is 13. The normalized spacial score (nSPS) is 30.2. The summed E-state index contributed by atoms with van der Waals surface area (Å²) >= 11 is 0. The Hall–Kier alpha value is -1.62. The van der Waals surface area contributed by atoms with Gasteiger partial charge in [-0.05, 0) is 19.8 Å². The predicted molar refractivity (Wildman–Crippen MR) is 313 cm³/mol. The number of Topliss-reactive ketones (excluding diaryl/α,β-unsaturated/α-hetero) is 1. The van der Waals surface area contributed by atoms with E-state index in [4.69, 9.17) is 28.4 Å². The Labute approximate surface area is 501 Å². The maximum absolute atomic E-state index is 13.7. The van der Waals surface area contributed by atoms with Crippen LogP contribution in [0, 0.1) is 0 Å². The number of unbranched alkanes of at least 4 members (excludes halogenated alkanes) is 30. The molecule has 1 amide bonds. The predicted octanol–water partition coefficient (Wildman–Crippen LogP) is 4.28. The lowest BCUT2D eigenvalue weighted by Gasteiger charge is -2.49. The zero-order chi connectivity index (χ0) is 61.8. The molecule has 3 aliphatic rings. The monoisotopic (exact) mass is 1210 g/mol. The van der Waals surface area contributed by atoms with Gasteiger partial charge in [0.05, 0.1) is 38.1 Å². The lowest BCUT2D eigenvalue weighted by molar-refractivity contribution is -0.386. The Morgan fingerprint density at radius 1 is 0.440 bits per heavy atom. The molecule has 14 N–H and O–H groups in total. The van der Waals surface area contributed by atoms with Crippen molar-refractivity contribution in [3.63, 3.8) is 0 Å². The molecule has 0 saturated carbocycles. The third-order valence-corrected chi connectivity index (χ3v) is 17.1. The third kappa shape index (κ3) is 27.6. The standard InChI is InChI=1S/C62H117NO21/c1-4-6-8-10-12-14-16-18-19-20-21-22-23-25-27-29-31-33-35-37-44(67)49(70)53(74)59(78)63-42(48(69)43(66)36-34-32-30-28-26-24-17-15-13-11-9-7-5-2)40-79-60-56(77)58(84-61-54(75)51(72)47(68)41(3)80-61)57(46(39-65)82-60)83-62-55(76)52(73)50(71)45(38-64)81-62/h41-48,50-58,60-62,64-69,71-77H,4-40H2,1-3H3,(H,63,78)/t41-,42+,43-,44-,45-,46-,47+,48+,50+,51+,52+,53-,54-,55-,56-,57-,58-,60-,61-,62+/m1/s1. The fraction of sp³-hybridized carbons (Fsp3) is 0.968. The summed E-state index contributed by atoms with van der Waals surface area (Å²) in [4.78, 5) is 26.9. The lowest BCUT2D eigenvalue weighted by atomic mass is 9.96. The Morgan fingerprint density at radius 2 is 0.821 bits per heavy atom. The van der Waals surface area contributed by atoms with Crippen molar-refractivity contribution in [3.8, 4) is 0 Å². The fourth-order valence-corrected chi connectivity index (χ4v) is 11.5. The first-order chi connectivity index (χ1) is 40.4. The van der Waals surface area contributed by atoms with Crippen molar-refractivity contribution >= 4 is 11.7 Å². The van der Waals surface area contributed by atoms with E-state index in [9.17, 15) is 76.0 Å². The van der Waals surface area contributed by atoms with E-state index in [2.05, 4.69) is 19.2 Å². The summed E-state index contributed by atoms with van der Waals surface area (Å²) in [5.74, 6) is -2.49. The highest BCUT2D eigenvalue weighted by atomic mass is 16.8. The molecule has 3 aliphatic heterocycles. The smallest absolute Gasteiger partial charge is 0.257 e. The van der Waals surface area contributed by atoms with E-state index in [1.807, 2.05) is 0 Å². The van der Waals surface area contributed by atoms with Gasteiger partial charge >= 0.3 is 0 Å². The quantitative estimate of drug-likeness (QED) is 0.0298. The molecule has 84 heavy (non-hydrogen) atoms. The van der Waals surface area contributed by atoms with E-state index in [0.29, 0.717) is 12.8 Å². The van der Waals surface area contributed by atoms with Crippen molar-refractivity contribution in [2.75, 3.05) is 19.8 Å². The zero-order valence-corrected chi connectivity index (χ0v) is 51.3. The molecule has 0 aromatic carbocycles. The average Bonchev–Trinajstić information content (AvgIpc) is 3.42. The molecule has 3 rings (SSSR count). The minimum absolute atomic E-state index is 0.00364. The summed E-state index contributed by atoms with van der Waals surface area (Å²) < 4.78 is 34.9. The van der Waals surface area contributed by atoms with Gasteiger partial charge in [-0.25, -0.2) is 0 Å². The summed E-state index contributed by atoms with van der Waals surface area (Å²) in [7, 11) is 0. The number of hydrogen-bond acceptors (Lipinski definition) is 21. The van der Waals surface area contributed by atoms with Gasteiger partial charge in [-0.1, -0.05) is 219 Å². The highest BCUT2D eigenvalue weighted by Gasteiger charge is 2.54. The molecule has 3 fully saturated rings. The number of carbonyl (C=O) groups is 2. The van der Waals surface area contributed by atoms with Gasteiger partial charge in [-0.2, -0.15) is 0 Å². The fourth-order valence-electron chi connectivity index (χ4n) is 11.5. The van der Waals surface area contributed by atoms with Crippen LogP contribution in [0.1, 0.15) is 239 Å². The number of nitrogens with one attached hydrogen (secondary N) is 1. The molecule has 0 radical (unpaired) electrons. The highest BCUT2D eigenvalue weighted by Crippen LogP contribution is 2.34. The van der Waals surface area contributed by atoms with Gasteiger partial charge < -0.3 is 100 Å². The maximum atomic E-state index is 13.7. The van der Waals surface area contributed by atoms with E-state index in [-0.39, 0.29) is 12.8 Å². The first-order valence-electron chi connectivity index (χ1n) is 32.9. The zero-order valence-electron chi connectivity index (χ0n) is 51.3. The third-order valence-electron chi connectivity index (χ3n) is 17.1. The molecule has 20 atom stereocenters. The largest absolute Gasteiger partial charge is 0.394 e. The van der Waals surface area contributed by atoms with Gasteiger partial charge in [-0.15, -0.1) is 0 Å². The van der Waals surface area contributed by atoms with Gasteiger partial charge in [0.25, 0.3) is 5.91 Å². The van der Waals surface area contributed by atoms with E-state index >= 15 is 0 Å². The van der Waals surface area contributed by atoms with Gasteiger partial charge in [0.15, 0.2) is 30.8 Å². The molecular weight excluding hydrogens is 1090 g/mol. The second-order valence-electron chi connectivity index (χ2n) is 24.3. The molecule has 22 nitrogen and oxygen atoms in total. The molecule has 0 aliphatic carbocycles. The van der Waals surface area contributed by atoms with Crippen LogP contribution in [0.4, 0.5) is 0 Å². The van der Waals surface area contributed by atoms with Crippen LogP contribution in [0.15, 0.2) is 0 Å². The van der Waals surface area contributed by atoms with Gasteiger partial charge in [-0.3, -0.25) is 9.59 Å². The molecular formula is C62H117NO21. The Bertz CT molecular complexity index is 1660. The van der Waals surface area contributed by atoms with Crippen molar-refractivity contribution in [2.45, 2.75) is 362 Å². The minimum atomic E-state index is -2.39. The summed E-state index contributed by atoms with van der Waals surface area (Å²) in [5, 5.41) is 143. The molecule has 496 valence electrons. The second-order valence-corrected chi connectivity index (χ2v) is 24.3. The number of rotatable bonds is 49. The van der Waals surface area contributed by atoms with Crippen LogP contribution >= 0.6 is 0 Å². The molecule has 0 bridgehead atoms. The number of hydrogen-bond donors (Lipinski definition) is 14. The molecule has 22 heteroatoms. The molecule has 0 spiro atoms. The van der Waals surface area contributed by atoms with Crippen LogP contribution in [0.3, 0.4) is 0 Å². The van der Waals surface area contributed by atoms with Crippen molar-refractivity contribution in [3.05, 3.63) is 0 Å². The molecule has 0 aromatic rings. The second kappa shape index (κ2) is 44.8. The van der Waals surface area contributed by atoms with Gasteiger partial charge in [0, 0.05) is 0 Å². The van der Waals surface area contributed by atoms with E-state index in [0.717, 1.165) is 64.2 Å². The summed E-state index contributed by atoms with van der Waals surface area (Å²) in [6.07, 6.45) is 2.79. The topological polar surface area (TPSA) is 365 Å². The van der Waals surface area contributed by atoms with Crippen molar-refractivity contribution in [2.24, 2.45) is 0 Å². The molecule has 0 aromatic heterocycles. The van der Waals surface area contributed by atoms with Gasteiger partial charge in [0.1, 0.15) is 79.4 Å². The van der Waals surface area contributed by atoms with E-state index in [1.54, 1.807) is 0 Å². The van der Waals surface area contributed by atoms with Crippen LogP contribution in [0.2, 0.25) is 0 Å². The Balaban J connectivity index is 1.64. The van der Waals surface area contributed by atoms with Crippen LogP contribution in [-0.2, 0) is 38.0 Å². The average molecular weight is 1210 g/mol. The number of amides is 1. The van der Waals surface area contributed by atoms with Crippen LogP contribution in [0.25, 0.3) is 0 Å². The first-order valence-corrected chi connectivity index (χ1v) is 32.9. The number of aliphatic hydroxyl groups is 13. The first kappa shape index (κ1) is 76.6. The highest BCUT2D eigenvalue weighted by molar-refractivity contribution is 6.05. The molecule has 3 saturated heterocycles. The maximum Gasteiger partial charge on any atom is 0.257 e. The summed E-state index contributed by atoms with van der Waals surface area (Å²) in [6, 6.07) is -1.62. The molecule has 0 unspecified atom stereocenters. The Kier molecular flexibility index (Phi) is 40.8. The number of ether oxygens (including phenoxy) is 6. The van der Waals surface area contributed by atoms with Gasteiger partial charge in [0.2, 0.25) is 0 Å². The van der Waals surface area contributed by atoms with Crippen molar-refractivity contribution in [1.82, 2.24) is 5.32 Å². The summed E-state index contributed by atoms with van der Waals surface area (Å²) in [6.45, 7) is 3.22. The molecule has 3 heterocycles. The van der Waals surface area contributed by atoms with Crippen LogP contribution in [0.5, 0.6) is 0 Å². The van der Waals surface area contributed by atoms with E-state index in [1.165, 1.54) is 135 Å². The number of carbonyl (C=O) groups excluding carboxylic acids is 2. The summed E-state index contributed by atoms with van der Waals surface area (Å²) in [5.41, 5.74) is 0. The van der Waals surface area contributed by atoms with Crippen molar-refractivity contribution < 1.29 is 104 Å². The lowest BCUT2D eigenvalue weighted by Crippen LogP contribution is -2.67. The SMILES string of the molecule is CCCCCCCCCCCCCCCCCCCCC[C@@H](O)C(=O)[C@@H](O)C(=O)N[C@@H](CO[C@@H]1O[C@H](CO)[C@@H](O[C@@H]2O[C@H](CO)[C@H](O)[C@H](O)[C@H]2O)[C@H](O[C@H]2O[C@H](C)[C@H](O)[C@H](O)[C@H]2O)[C@H]1O)[C@H](O)[C@H](O)CCCCCCCCCCCCCCC. The Morgan fingerprint density at radius 3 is 1.26 bits per heavy atom. The van der Waals surface area contributed by atoms with E-state index < -0.39 is 154 Å². The van der Waals surface area contributed by atoms with Crippen LogP contribution in [-0.4, -0.2) is 220 Å².